The number of sulfone groups is 1. The molecule has 23 heavy (non-hydrogen) atoms. The largest absolute Gasteiger partial charge is 0.352 e. The molecule has 0 radical (unpaired) electrons. The van der Waals surface area contributed by atoms with E-state index in [1.54, 1.807) is 20.9 Å². The predicted molar refractivity (Wildman–Crippen MR) is 109 cm³/mol. The van der Waals surface area contributed by atoms with Gasteiger partial charge in [0.1, 0.15) is 0 Å². The molecule has 2 rings (SSSR count). The zero-order chi connectivity index (χ0) is 16.4. The van der Waals surface area contributed by atoms with Crippen LogP contribution in [0, 0.1) is 0 Å². The van der Waals surface area contributed by atoms with Gasteiger partial charge < -0.3 is 10.2 Å². The van der Waals surface area contributed by atoms with Crippen molar-refractivity contribution in [3.63, 3.8) is 0 Å². The topological polar surface area (TPSA) is 61.8 Å². The van der Waals surface area contributed by atoms with E-state index in [9.17, 15) is 8.42 Å². The molecule has 1 N–H and O–H groups in total. The molecule has 1 heterocycles. The Kier molecular flexibility index (Phi) is 7.34. The van der Waals surface area contributed by atoms with Crippen LogP contribution in [0.4, 0.5) is 0 Å². The predicted octanol–water partition coefficient (Wildman–Crippen LogP) is 2.65. The van der Waals surface area contributed by atoms with Crippen LogP contribution in [-0.4, -0.2) is 49.9 Å². The van der Waals surface area contributed by atoms with Crippen LogP contribution in [0.25, 0.3) is 0 Å². The first-order chi connectivity index (χ1) is 10.2. The lowest BCUT2D eigenvalue weighted by Crippen LogP contribution is -2.57. The summed E-state index contributed by atoms with van der Waals surface area (Å²) in [5.41, 5.74) is 1.15. The summed E-state index contributed by atoms with van der Waals surface area (Å²) in [4.78, 5) is 6.30. The van der Waals surface area contributed by atoms with Gasteiger partial charge in [-0.05, 0) is 31.5 Å². The van der Waals surface area contributed by atoms with E-state index in [0.29, 0.717) is 19.6 Å². The normalized spacial score (nSPS) is 19.8. The second-order valence-electron chi connectivity index (χ2n) is 6.03. The number of rotatable bonds is 2. The fraction of sp³-hybridized carbons (Fsp3) is 0.533. The van der Waals surface area contributed by atoms with E-state index in [4.69, 9.17) is 0 Å². The third-order valence-electron chi connectivity index (χ3n) is 3.92. The van der Waals surface area contributed by atoms with E-state index < -0.39 is 14.6 Å². The van der Waals surface area contributed by atoms with Gasteiger partial charge in [0.2, 0.25) is 0 Å². The molecule has 1 aromatic carbocycles. The van der Waals surface area contributed by atoms with Crippen molar-refractivity contribution in [3.8, 4) is 0 Å². The van der Waals surface area contributed by atoms with Crippen molar-refractivity contribution in [2.45, 2.75) is 25.1 Å². The lowest BCUT2D eigenvalue weighted by Gasteiger charge is -2.39. The van der Waals surface area contributed by atoms with Crippen LogP contribution in [0.5, 0.6) is 0 Å². The first kappa shape index (κ1) is 20.7. The highest BCUT2D eigenvalue weighted by Gasteiger charge is 2.40. The molecule has 1 saturated heterocycles. The Labute approximate surface area is 164 Å². The van der Waals surface area contributed by atoms with Crippen LogP contribution in [-0.2, 0) is 16.4 Å². The molecule has 0 unspecified atom stereocenters. The van der Waals surface area contributed by atoms with Crippen LogP contribution in [0.3, 0.4) is 0 Å². The summed E-state index contributed by atoms with van der Waals surface area (Å²) >= 11 is 3.42. The molecule has 130 valence electrons. The summed E-state index contributed by atoms with van der Waals surface area (Å²) in [6.07, 6.45) is 0. The number of hydrogen-bond acceptors (Lipinski definition) is 3. The van der Waals surface area contributed by atoms with Crippen molar-refractivity contribution in [2.24, 2.45) is 4.99 Å². The van der Waals surface area contributed by atoms with Gasteiger partial charge in [0.25, 0.3) is 0 Å². The molecule has 0 saturated carbocycles. The molecule has 0 bridgehead atoms. The quantitative estimate of drug-likeness (QED) is 0.373. The molecule has 1 aliphatic rings. The monoisotopic (exact) mass is 515 g/mol. The maximum Gasteiger partial charge on any atom is 0.193 e. The van der Waals surface area contributed by atoms with Crippen LogP contribution >= 0.6 is 39.9 Å². The fourth-order valence-electron chi connectivity index (χ4n) is 2.44. The molecule has 0 aromatic heterocycles. The van der Waals surface area contributed by atoms with Crippen molar-refractivity contribution < 1.29 is 8.42 Å². The average Bonchev–Trinajstić information content (AvgIpc) is 2.45. The Morgan fingerprint density at radius 2 is 1.96 bits per heavy atom. The minimum absolute atomic E-state index is 0. The van der Waals surface area contributed by atoms with Gasteiger partial charge in [-0.25, -0.2) is 8.42 Å². The molecular weight excluding hydrogens is 493 g/mol. The number of halogens is 2. The standard InChI is InChI=1S/C15H22BrN3O2S.HI/c1-15(2)11-19(8-9-22(15,20)21)14(17-3)18-10-12-4-6-13(16)7-5-12;/h4-7H,8-11H2,1-3H3,(H,17,18);1H. The van der Waals surface area contributed by atoms with Gasteiger partial charge in [-0.3, -0.25) is 4.99 Å². The van der Waals surface area contributed by atoms with Gasteiger partial charge in [-0.15, -0.1) is 24.0 Å². The highest BCUT2D eigenvalue weighted by molar-refractivity contribution is 14.0. The molecule has 0 spiro atoms. The summed E-state index contributed by atoms with van der Waals surface area (Å²) in [5, 5.41) is 3.31. The summed E-state index contributed by atoms with van der Waals surface area (Å²) in [6, 6.07) is 8.07. The maximum atomic E-state index is 12.1. The molecule has 5 nitrogen and oxygen atoms in total. The lowest BCUT2D eigenvalue weighted by atomic mass is 10.2. The molecule has 0 amide bonds. The van der Waals surface area contributed by atoms with E-state index in [1.165, 1.54) is 0 Å². The fourth-order valence-corrected chi connectivity index (χ4v) is 4.07. The van der Waals surface area contributed by atoms with Crippen molar-refractivity contribution >= 4 is 55.7 Å². The summed E-state index contributed by atoms with van der Waals surface area (Å²) in [6.45, 7) is 5.14. The summed E-state index contributed by atoms with van der Waals surface area (Å²) in [7, 11) is -1.31. The highest BCUT2D eigenvalue weighted by atomic mass is 127. The zero-order valence-corrected chi connectivity index (χ0v) is 18.3. The number of hydrogen-bond donors (Lipinski definition) is 1. The molecule has 1 fully saturated rings. The van der Waals surface area contributed by atoms with Gasteiger partial charge in [0, 0.05) is 31.2 Å². The third kappa shape index (κ3) is 5.06. The zero-order valence-electron chi connectivity index (χ0n) is 13.5. The second kappa shape index (κ2) is 8.15. The summed E-state index contributed by atoms with van der Waals surface area (Å²) in [5.74, 6) is 0.907. The van der Waals surface area contributed by atoms with E-state index in [0.717, 1.165) is 16.0 Å². The Morgan fingerprint density at radius 1 is 1.35 bits per heavy atom. The lowest BCUT2D eigenvalue weighted by molar-refractivity contribution is 0.353. The minimum atomic E-state index is -3.04. The van der Waals surface area contributed by atoms with Crippen LogP contribution in [0.1, 0.15) is 19.4 Å². The molecule has 1 aromatic rings. The Morgan fingerprint density at radius 3 is 2.48 bits per heavy atom. The van der Waals surface area contributed by atoms with Crippen molar-refractivity contribution in [1.29, 1.82) is 0 Å². The van der Waals surface area contributed by atoms with E-state index in [1.807, 2.05) is 29.2 Å². The van der Waals surface area contributed by atoms with Crippen molar-refractivity contribution in [3.05, 3.63) is 34.3 Å². The third-order valence-corrected chi connectivity index (χ3v) is 6.98. The number of nitrogens with one attached hydrogen (secondary N) is 1. The smallest absolute Gasteiger partial charge is 0.193 e. The van der Waals surface area contributed by atoms with Crippen LogP contribution in [0.15, 0.2) is 33.7 Å². The Hall–Kier alpha value is -0.350. The number of benzene rings is 1. The Bertz CT molecular complexity index is 660. The SMILES string of the molecule is CN=C(NCc1ccc(Br)cc1)N1CCS(=O)(=O)C(C)(C)C1.I. The van der Waals surface area contributed by atoms with Gasteiger partial charge in [-0.2, -0.15) is 0 Å². The first-order valence-corrected chi connectivity index (χ1v) is 9.62. The van der Waals surface area contributed by atoms with Gasteiger partial charge >= 0.3 is 0 Å². The maximum absolute atomic E-state index is 12.1. The molecule has 8 heteroatoms. The van der Waals surface area contributed by atoms with Gasteiger partial charge in [-0.1, -0.05) is 28.1 Å². The molecule has 0 aliphatic carbocycles. The second-order valence-corrected chi connectivity index (χ2v) is 9.69. The first-order valence-electron chi connectivity index (χ1n) is 7.17. The number of aliphatic imine (C=N–C) groups is 1. The van der Waals surface area contributed by atoms with E-state index >= 15 is 0 Å². The number of nitrogens with zero attached hydrogens (tertiary/aromatic N) is 2. The van der Waals surface area contributed by atoms with E-state index in [2.05, 4.69) is 26.2 Å². The minimum Gasteiger partial charge on any atom is -0.352 e. The van der Waals surface area contributed by atoms with Crippen LogP contribution < -0.4 is 5.32 Å². The summed E-state index contributed by atoms with van der Waals surface area (Å²) < 4.78 is 24.5. The van der Waals surface area contributed by atoms with E-state index in [-0.39, 0.29) is 29.7 Å². The van der Waals surface area contributed by atoms with Crippen molar-refractivity contribution in [1.82, 2.24) is 10.2 Å². The number of guanidine groups is 1. The molecular formula is C15H23BrIN3O2S. The Balaban J connectivity index is 0.00000264. The highest BCUT2D eigenvalue weighted by Crippen LogP contribution is 2.23. The van der Waals surface area contributed by atoms with Crippen LogP contribution in [0.2, 0.25) is 0 Å². The van der Waals surface area contributed by atoms with Gasteiger partial charge in [0.05, 0.1) is 10.5 Å². The average molecular weight is 516 g/mol. The van der Waals surface area contributed by atoms with Crippen molar-refractivity contribution in [2.75, 3.05) is 25.9 Å². The van der Waals surface area contributed by atoms with Gasteiger partial charge in [0.15, 0.2) is 15.8 Å². The molecule has 0 atom stereocenters. The molecule has 1 aliphatic heterocycles.